The van der Waals surface area contributed by atoms with Crippen LogP contribution in [0.4, 0.5) is 0 Å². The lowest BCUT2D eigenvalue weighted by molar-refractivity contribution is 0.329. The van der Waals surface area contributed by atoms with Gasteiger partial charge in [0, 0.05) is 22.7 Å². The topological polar surface area (TPSA) is 35.8 Å². The lowest BCUT2D eigenvalue weighted by atomic mass is 9.89. The van der Waals surface area contributed by atoms with Crippen LogP contribution in [0.15, 0.2) is 78.4 Å². The van der Waals surface area contributed by atoms with Gasteiger partial charge < -0.3 is 5.32 Å². The minimum atomic E-state index is 0.0939. The summed E-state index contributed by atoms with van der Waals surface area (Å²) in [4.78, 5) is 0. The average Bonchev–Trinajstić information content (AvgIpc) is 3.04. The minimum Gasteiger partial charge on any atom is -0.307 e. The summed E-state index contributed by atoms with van der Waals surface area (Å²) >= 11 is 7.01. The van der Waals surface area contributed by atoms with E-state index in [1.165, 1.54) is 55.6 Å². The Balaban J connectivity index is 1.93. The molecule has 0 bridgehead atoms. The van der Waals surface area contributed by atoms with Crippen molar-refractivity contribution in [1.82, 2.24) is 5.32 Å². The van der Waals surface area contributed by atoms with Gasteiger partial charge in [0.25, 0.3) is 0 Å². The van der Waals surface area contributed by atoms with Crippen LogP contribution in [-0.4, -0.2) is 5.54 Å². The van der Waals surface area contributed by atoms with E-state index in [4.69, 9.17) is 11.6 Å². The fourth-order valence-corrected chi connectivity index (χ4v) is 6.12. The Bertz CT molecular complexity index is 1550. The normalized spacial score (nSPS) is 12.3. The fraction of sp³-hybridized carbons (Fsp3) is 0.390. The Hall–Kier alpha value is -3.38. The van der Waals surface area contributed by atoms with Crippen LogP contribution in [0.1, 0.15) is 99.2 Å². The highest BCUT2D eigenvalue weighted by Crippen LogP contribution is 2.32. The fourth-order valence-electron chi connectivity index (χ4n) is 5.84. The third kappa shape index (κ3) is 8.84. The zero-order valence-corrected chi connectivity index (χ0v) is 28.8. The van der Waals surface area contributed by atoms with Crippen LogP contribution in [0.25, 0.3) is 17.2 Å². The van der Waals surface area contributed by atoms with E-state index in [-0.39, 0.29) is 5.54 Å². The van der Waals surface area contributed by atoms with Crippen molar-refractivity contribution in [2.75, 3.05) is 0 Å². The summed E-state index contributed by atoms with van der Waals surface area (Å²) < 4.78 is 0. The van der Waals surface area contributed by atoms with Crippen LogP contribution in [0, 0.1) is 25.2 Å². The van der Waals surface area contributed by atoms with Crippen molar-refractivity contribution in [3.05, 3.63) is 122 Å². The number of aryl methyl sites for hydroxylation is 3. The Morgan fingerprint density at radius 2 is 1.57 bits per heavy atom. The van der Waals surface area contributed by atoms with Crippen LogP contribution in [0.2, 0.25) is 5.02 Å². The summed E-state index contributed by atoms with van der Waals surface area (Å²) in [6.07, 6.45) is 12.6. The summed E-state index contributed by atoms with van der Waals surface area (Å²) in [7, 11) is 0. The molecule has 0 unspecified atom stereocenters. The molecule has 0 heterocycles. The smallest absolute Gasteiger partial charge is 0.0988 e. The van der Waals surface area contributed by atoms with Gasteiger partial charge >= 0.3 is 0 Å². The molecule has 3 heteroatoms. The molecule has 1 N–H and O–H groups in total. The summed E-state index contributed by atoms with van der Waals surface area (Å²) in [6, 6.07) is 20.0. The zero-order valence-electron chi connectivity index (χ0n) is 28.0. The highest BCUT2D eigenvalue weighted by molar-refractivity contribution is 6.31. The Morgan fingerprint density at radius 1 is 0.909 bits per heavy atom. The molecular formula is C41H51ClN2. The first-order valence-corrected chi connectivity index (χ1v) is 16.6. The summed E-state index contributed by atoms with van der Waals surface area (Å²) in [5.74, 6) is 0. The highest BCUT2D eigenvalue weighted by atomic mass is 35.5. The minimum absolute atomic E-state index is 0.0939. The molecule has 0 saturated heterocycles. The van der Waals surface area contributed by atoms with E-state index < -0.39 is 0 Å². The van der Waals surface area contributed by atoms with Crippen molar-refractivity contribution in [3.8, 4) is 17.2 Å². The molecule has 44 heavy (non-hydrogen) atoms. The van der Waals surface area contributed by atoms with Crippen LogP contribution in [0.5, 0.6) is 0 Å². The van der Waals surface area contributed by atoms with Gasteiger partial charge in [0.1, 0.15) is 0 Å². The maximum absolute atomic E-state index is 9.46. The molecule has 0 aliphatic heterocycles. The van der Waals surface area contributed by atoms with Crippen molar-refractivity contribution in [2.45, 2.75) is 105 Å². The Labute approximate surface area is 272 Å². The monoisotopic (exact) mass is 606 g/mol. The molecule has 0 aliphatic rings. The molecular weight excluding hydrogens is 556 g/mol. The van der Waals surface area contributed by atoms with Gasteiger partial charge in [-0.15, -0.1) is 0 Å². The second-order valence-corrected chi connectivity index (χ2v) is 12.6. The molecule has 232 valence electrons. The molecule has 0 amide bonds. The third-order valence-corrected chi connectivity index (χ3v) is 9.95. The first-order chi connectivity index (χ1) is 21.1. The molecule has 2 nitrogen and oxygen atoms in total. The van der Waals surface area contributed by atoms with Crippen molar-refractivity contribution in [3.63, 3.8) is 0 Å². The van der Waals surface area contributed by atoms with Gasteiger partial charge in [0.05, 0.1) is 6.07 Å². The summed E-state index contributed by atoms with van der Waals surface area (Å²) in [6.45, 7) is 20.1. The number of nitrogens with zero attached hydrogens (tertiary/aromatic N) is 1. The number of hydrogen-bond acceptors (Lipinski definition) is 2. The SMILES string of the molecule is C=Cc1cccc(-c2cccc(CCc3cc(CC/C(=C/C(C#N)=C\C)CC)c(CNC(C)(CC)CC)cc3Cl)c2C)c1C. The average molecular weight is 607 g/mol. The van der Waals surface area contributed by atoms with Crippen LogP contribution in [-0.2, 0) is 25.8 Å². The van der Waals surface area contributed by atoms with Gasteiger partial charge in [0.15, 0.2) is 0 Å². The summed E-state index contributed by atoms with van der Waals surface area (Å²) in [5.41, 5.74) is 13.6. The first kappa shape index (κ1) is 35.1. The standard InChI is InChI=1S/C41H51ClN2/c1-9-31(24-32(10-2)27-43)20-21-35-25-36(40(42)26-37(35)28-44-41(8,12-4)13-5)23-22-34-17-15-19-39(30(34)7)38-18-14-16-33(11-3)29(38)6/h10-11,14-19,24-26,44H,3,9,12-13,20-23,28H2,1-2,4-8H3/b31-24+,32-10+. The quantitative estimate of drug-likeness (QED) is 0.138. The number of rotatable bonds is 15. The Morgan fingerprint density at radius 3 is 2.18 bits per heavy atom. The van der Waals surface area contributed by atoms with Gasteiger partial charge in [-0.3, -0.25) is 0 Å². The third-order valence-electron chi connectivity index (χ3n) is 9.60. The van der Waals surface area contributed by atoms with Crippen molar-refractivity contribution in [2.24, 2.45) is 0 Å². The van der Waals surface area contributed by atoms with E-state index in [1.54, 1.807) is 0 Å². The second-order valence-electron chi connectivity index (χ2n) is 12.2. The van der Waals surface area contributed by atoms with Gasteiger partial charge in [-0.1, -0.05) is 99.1 Å². The number of allylic oxidation sites excluding steroid dienone is 4. The first-order valence-electron chi connectivity index (χ1n) is 16.2. The number of nitriles is 1. The molecule has 0 aromatic heterocycles. The summed E-state index contributed by atoms with van der Waals surface area (Å²) in [5, 5.41) is 14.1. The van der Waals surface area contributed by atoms with Gasteiger partial charge in [-0.05, 0) is 135 Å². The maximum atomic E-state index is 9.46. The van der Waals surface area contributed by atoms with E-state index in [0.29, 0.717) is 0 Å². The van der Waals surface area contributed by atoms with E-state index >= 15 is 0 Å². The molecule has 0 spiro atoms. The highest BCUT2D eigenvalue weighted by Gasteiger charge is 2.20. The lowest BCUT2D eigenvalue weighted by Crippen LogP contribution is -2.40. The second kappa shape index (κ2) is 16.6. The molecule has 0 fully saturated rings. The molecule has 0 saturated carbocycles. The van der Waals surface area contributed by atoms with Crippen molar-refractivity contribution in [1.29, 1.82) is 5.26 Å². The van der Waals surface area contributed by atoms with Gasteiger partial charge in [-0.25, -0.2) is 0 Å². The number of hydrogen-bond donors (Lipinski definition) is 1. The molecule has 0 aliphatic carbocycles. The molecule has 0 radical (unpaired) electrons. The van der Waals surface area contributed by atoms with E-state index in [2.05, 4.69) is 114 Å². The zero-order chi connectivity index (χ0) is 32.3. The predicted octanol–water partition coefficient (Wildman–Crippen LogP) is 11.5. The van der Waals surface area contributed by atoms with Gasteiger partial charge in [-0.2, -0.15) is 5.26 Å². The molecule has 3 rings (SSSR count). The predicted molar refractivity (Wildman–Crippen MR) is 192 cm³/mol. The van der Waals surface area contributed by atoms with Crippen molar-refractivity contribution >= 4 is 17.7 Å². The molecule has 3 aromatic carbocycles. The van der Waals surface area contributed by atoms with Gasteiger partial charge in [0.2, 0.25) is 0 Å². The number of halogens is 1. The largest absolute Gasteiger partial charge is 0.307 e. The van der Waals surface area contributed by atoms with Crippen molar-refractivity contribution < 1.29 is 0 Å². The van der Waals surface area contributed by atoms with E-state index in [9.17, 15) is 5.26 Å². The van der Waals surface area contributed by atoms with Crippen LogP contribution in [0.3, 0.4) is 0 Å². The van der Waals surface area contributed by atoms with E-state index in [0.717, 1.165) is 62.1 Å². The number of nitrogens with one attached hydrogen (secondary N) is 1. The Kier molecular flexibility index (Phi) is 13.3. The lowest BCUT2D eigenvalue weighted by Gasteiger charge is -2.29. The van der Waals surface area contributed by atoms with E-state index in [1.807, 2.05) is 19.1 Å². The van der Waals surface area contributed by atoms with Crippen LogP contribution >= 0.6 is 11.6 Å². The molecule has 0 atom stereocenters. The molecule has 3 aromatic rings. The maximum Gasteiger partial charge on any atom is 0.0988 e. The number of benzene rings is 3. The van der Waals surface area contributed by atoms with Crippen LogP contribution < -0.4 is 5.32 Å².